The Morgan fingerprint density at radius 3 is 1.74 bits per heavy atom. The minimum atomic E-state index is -0.603. The maximum absolute atomic E-state index is 6.49. The van der Waals surface area contributed by atoms with Crippen molar-refractivity contribution in [1.29, 1.82) is 0 Å². The van der Waals surface area contributed by atoms with Crippen molar-refractivity contribution in [1.82, 2.24) is 0 Å². The summed E-state index contributed by atoms with van der Waals surface area (Å²) >= 11 is 0. The summed E-state index contributed by atoms with van der Waals surface area (Å²) in [7, 11) is 3.53. The van der Waals surface area contributed by atoms with Crippen molar-refractivity contribution in [3.05, 3.63) is 24.3 Å². The standard InChI is InChI=1S/C18H26NO3P/c1-15-11-17(3)22-16(2,20-15)12-18(4,21-15)23(17)14-9-7-13(8-10-14)19(5)6/h7-10H,11-12H2,1-6H3/t15-,16-,17+,18+/m0/s1. The number of benzene rings is 1. The van der Waals surface area contributed by atoms with E-state index in [0.29, 0.717) is 0 Å². The van der Waals surface area contributed by atoms with Crippen LogP contribution < -0.4 is 10.2 Å². The maximum Gasteiger partial charge on any atom is 0.173 e. The summed E-state index contributed by atoms with van der Waals surface area (Å²) in [6.07, 6.45) is 1.57. The van der Waals surface area contributed by atoms with Gasteiger partial charge in [-0.3, -0.25) is 0 Å². The minimum Gasteiger partial charge on any atom is -0.378 e. The molecule has 0 amide bonds. The average molecular weight is 335 g/mol. The lowest BCUT2D eigenvalue weighted by atomic mass is 9.98. The molecule has 1 aromatic rings. The molecule has 0 aliphatic carbocycles. The van der Waals surface area contributed by atoms with Crippen LogP contribution in [0, 0.1) is 0 Å². The van der Waals surface area contributed by atoms with Crippen LogP contribution >= 0.6 is 7.92 Å². The molecule has 0 spiro atoms. The number of nitrogens with zero attached hydrogens (tertiary/aromatic N) is 1. The summed E-state index contributed by atoms with van der Waals surface area (Å²) in [5, 5.41) is 0.936. The smallest absolute Gasteiger partial charge is 0.173 e. The second kappa shape index (κ2) is 4.49. The lowest BCUT2D eigenvalue weighted by molar-refractivity contribution is -0.467. The van der Waals surface area contributed by atoms with Gasteiger partial charge in [0.15, 0.2) is 11.6 Å². The van der Waals surface area contributed by atoms with Gasteiger partial charge in [0.05, 0.1) is 10.7 Å². The minimum absolute atomic E-state index is 0.206. The van der Waals surface area contributed by atoms with E-state index in [2.05, 4.69) is 71.0 Å². The highest BCUT2D eigenvalue weighted by atomic mass is 31.1. The number of ether oxygens (including phenoxy) is 3. The first-order chi connectivity index (χ1) is 10.6. The summed E-state index contributed by atoms with van der Waals surface area (Å²) in [6, 6.07) is 8.88. The molecule has 5 rings (SSSR count). The van der Waals surface area contributed by atoms with Gasteiger partial charge in [0.2, 0.25) is 0 Å². The van der Waals surface area contributed by atoms with Gasteiger partial charge in [-0.1, -0.05) is 12.1 Å². The van der Waals surface area contributed by atoms with E-state index in [-0.39, 0.29) is 10.7 Å². The zero-order chi connectivity index (χ0) is 16.7. The Kier molecular flexibility index (Phi) is 3.09. The van der Waals surface area contributed by atoms with Crippen molar-refractivity contribution >= 4 is 18.9 Å². The molecular formula is C18H26NO3P. The van der Waals surface area contributed by atoms with Gasteiger partial charge >= 0.3 is 0 Å². The third-order valence-electron chi connectivity index (χ3n) is 5.17. The van der Waals surface area contributed by atoms with Crippen molar-refractivity contribution in [2.45, 2.75) is 62.8 Å². The quantitative estimate of drug-likeness (QED) is 0.773. The van der Waals surface area contributed by atoms with Crippen LogP contribution in [0.3, 0.4) is 0 Å². The Bertz CT molecular complexity index is 600. The van der Waals surface area contributed by atoms with E-state index in [1.54, 1.807) is 0 Å². The molecule has 23 heavy (non-hydrogen) atoms. The molecular weight excluding hydrogens is 309 g/mol. The topological polar surface area (TPSA) is 30.9 Å². The van der Waals surface area contributed by atoms with Gasteiger partial charge in [0.25, 0.3) is 0 Å². The van der Waals surface area contributed by atoms with Gasteiger partial charge < -0.3 is 19.1 Å². The highest BCUT2D eigenvalue weighted by molar-refractivity contribution is 7.68. The fraction of sp³-hybridized carbons (Fsp3) is 0.667. The fourth-order valence-electron chi connectivity index (χ4n) is 5.03. The molecule has 0 saturated carbocycles. The van der Waals surface area contributed by atoms with Crippen molar-refractivity contribution in [2.24, 2.45) is 0 Å². The molecule has 4 heterocycles. The molecule has 0 unspecified atom stereocenters. The van der Waals surface area contributed by atoms with Gasteiger partial charge in [-0.25, -0.2) is 0 Å². The van der Waals surface area contributed by atoms with Gasteiger partial charge in [0.1, 0.15) is 0 Å². The van der Waals surface area contributed by atoms with E-state index in [4.69, 9.17) is 14.2 Å². The zero-order valence-corrected chi connectivity index (χ0v) is 15.7. The SMILES string of the molecule is CN(C)c1ccc(P2[C@]3(C)C[C@@]4(C)O[C@](C)(C[C@]2(C)O4)O3)cc1. The Balaban J connectivity index is 1.77. The highest BCUT2D eigenvalue weighted by Crippen LogP contribution is 2.75. The molecule has 4 atom stereocenters. The Hall–Kier alpha value is -0.670. The van der Waals surface area contributed by atoms with Crippen LogP contribution in [0.15, 0.2) is 24.3 Å². The number of hydrogen-bond acceptors (Lipinski definition) is 4. The monoisotopic (exact) mass is 335 g/mol. The van der Waals surface area contributed by atoms with Crippen LogP contribution in [0.5, 0.6) is 0 Å². The average Bonchev–Trinajstić information content (AvgIpc) is 2.32. The fourth-order valence-corrected chi connectivity index (χ4v) is 9.03. The first-order valence-electron chi connectivity index (χ1n) is 8.25. The van der Waals surface area contributed by atoms with Gasteiger partial charge in [-0.05, 0) is 53.1 Å². The van der Waals surface area contributed by atoms with Crippen molar-refractivity contribution in [3.8, 4) is 0 Å². The van der Waals surface area contributed by atoms with E-state index in [9.17, 15) is 0 Å². The Morgan fingerprint density at radius 2 is 1.30 bits per heavy atom. The van der Waals surface area contributed by atoms with E-state index in [1.807, 2.05) is 0 Å². The van der Waals surface area contributed by atoms with Gasteiger partial charge in [-0.2, -0.15) is 0 Å². The normalized spacial score (nSPS) is 47.8. The lowest BCUT2D eigenvalue weighted by Crippen LogP contribution is -2.72. The third kappa shape index (κ3) is 2.26. The molecule has 126 valence electrons. The second-order valence-electron chi connectivity index (χ2n) is 8.02. The summed E-state index contributed by atoms with van der Waals surface area (Å²) in [4.78, 5) is 2.13. The molecule has 0 N–H and O–H groups in total. The number of hydrogen-bond donors (Lipinski definition) is 0. The predicted molar refractivity (Wildman–Crippen MR) is 93.4 cm³/mol. The Labute approximate surface area is 139 Å². The first-order valence-corrected chi connectivity index (χ1v) is 9.59. The predicted octanol–water partition coefficient (Wildman–Crippen LogP) is 3.60. The van der Waals surface area contributed by atoms with E-state index < -0.39 is 19.5 Å². The Morgan fingerprint density at radius 1 is 0.826 bits per heavy atom. The molecule has 4 aliphatic heterocycles. The zero-order valence-electron chi connectivity index (χ0n) is 14.8. The van der Waals surface area contributed by atoms with E-state index in [0.717, 1.165) is 12.8 Å². The van der Waals surface area contributed by atoms with E-state index in [1.165, 1.54) is 11.0 Å². The third-order valence-corrected chi connectivity index (χ3v) is 8.38. The van der Waals surface area contributed by atoms with Gasteiger partial charge in [0, 0.05) is 32.6 Å². The molecule has 0 aromatic heterocycles. The van der Waals surface area contributed by atoms with Crippen LogP contribution in [0.25, 0.3) is 0 Å². The van der Waals surface area contributed by atoms with Gasteiger partial charge in [-0.15, -0.1) is 0 Å². The molecule has 5 heteroatoms. The van der Waals surface area contributed by atoms with Crippen molar-refractivity contribution < 1.29 is 14.2 Å². The summed E-state index contributed by atoms with van der Waals surface area (Å²) in [6.45, 7) is 8.62. The molecule has 4 bridgehead atoms. The number of rotatable bonds is 2. The van der Waals surface area contributed by atoms with E-state index >= 15 is 0 Å². The van der Waals surface area contributed by atoms with Crippen molar-refractivity contribution in [2.75, 3.05) is 19.0 Å². The van der Waals surface area contributed by atoms with Crippen LogP contribution in [-0.4, -0.2) is 36.4 Å². The molecule has 4 nitrogen and oxygen atoms in total. The molecule has 4 saturated heterocycles. The molecule has 0 radical (unpaired) electrons. The largest absolute Gasteiger partial charge is 0.378 e. The first kappa shape index (κ1) is 15.8. The van der Waals surface area contributed by atoms with Crippen LogP contribution in [0.4, 0.5) is 5.69 Å². The number of anilines is 1. The summed E-state index contributed by atoms with van der Waals surface area (Å²) in [5.41, 5.74) is 1.22. The molecule has 1 aromatic carbocycles. The summed E-state index contributed by atoms with van der Waals surface area (Å²) < 4.78 is 19.1. The second-order valence-corrected chi connectivity index (χ2v) is 11.1. The molecule has 4 aliphatic rings. The molecule has 4 fully saturated rings. The van der Waals surface area contributed by atoms with Crippen LogP contribution in [-0.2, 0) is 14.2 Å². The van der Waals surface area contributed by atoms with Crippen LogP contribution in [0.2, 0.25) is 0 Å². The maximum atomic E-state index is 6.49. The van der Waals surface area contributed by atoms with Crippen LogP contribution in [0.1, 0.15) is 40.5 Å². The van der Waals surface area contributed by atoms with Crippen molar-refractivity contribution in [3.63, 3.8) is 0 Å². The summed E-state index contributed by atoms with van der Waals surface area (Å²) in [5.74, 6) is -1.06. The lowest BCUT2D eigenvalue weighted by Gasteiger charge is -2.69. The highest BCUT2D eigenvalue weighted by Gasteiger charge is 2.71.